The summed E-state index contributed by atoms with van der Waals surface area (Å²) < 4.78 is 0. The van der Waals surface area contributed by atoms with Gasteiger partial charge in [0.2, 0.25) is 11.8 Å². The van der Waals surface area contributed by atoms with Gasteiger partial charge in [-0.1, -0.05) is 29.3 Å². The van der Waals surface area contributed by atoms with Crippen molar-refractivity contribution in [2.45, 2.75) is 32.7 Å². The smallest absolute Gasteiger partial charge is 0.246 e. The molecular formula is C20H21Cl2N3O2. The number of hydrogen-bond donors (Lipinski definition) is 2. The molecule has 0 saturated carbocycles. The zero-order valence-corrected chi connectivity index (χ0v) is 16.7. The third-order valence-electron chi connectivity index (χ3n) is 4.55. The maximum atomic E-state index is 12.5. The Morgan fingerprint density at radius 1 is 1.19 bits per heavy atom. The topological polar surface area (TPSA) is 61.4 Å². The molecule has 0 bridgehead atoms. The van der Waals surface area contributed by atoms with Crippen molar-refractivity contribution in [2.24, 2.45) is 0 Å². The fourth-order valence-electron chi connectivity index (χ4n) is 3.00. The van der Waals surface area contributed by atoms with Crippen LogP contribution < -0.4 is 15.5 Å². The van der Waals surface area contributed by atoms with Gasteiger partial charge in [0, 0.05) is 29.4 Å². The molecule has 0 aliphatic carbocycles. The number of rotatable bonds is 5. The van der Waals surface area contributed by atoms with Crippen LogP contribution in [-0.2, 0) is 9.59 Å². The first-order valence-corrected chi connectivity index (χ1v) is 9.54. The Morgan fingerprint density at radius 3 is 2.63 bits per heavy atom. The predicted molar refractivity (Wildman–Crippen MR) is 111 cm³/mol. The quantitative estimate of drug-likeness (QED) is 0.745. The lowest BCUT2D eigenvalue weighted by atomic mass is 10.2. The highest BCUT2D eigenvalue weighted by Crippen LogP contribution is 2.32. The lowest BCUT2D eigenvalue weighted by Gasteiger charge is -2.20. The van der Waals surface area contributed by atoms with Gasteiger partial charge in [0.15, 0.2) is 0 Å². The van der Waals surface area contributed by atoms with E-state index in [0.29, 0.717) is 40.1 Å². The van der Waals surface area contributed by atoms with E-state index < -0.39 is 6.04 Å². The number of nitrogens with zero attached hydrogens (tertiary/aromatic N) is 1. The Labute approximate surface area is 168 Å². The van der Waals surface area contributed by atoms with Crippen molar-refractivity contribution in [1.82, 2.24) is 0 Å². The molecule has 7 heteroatoms. The highest BCUT2D eigenvalue weighted by atomic mass is 35.5. The fourth-order valence-corrected chi connectivity index (χ4v) is 3.46. The minimum Gasteiger partial charge on any atom is -0.374 e. The molecule has 2 aromatic rings. The van der Waals surface area contributed by atoms with Gasteiger partial charge < -0.3 is 15.5 Å². The number of nitrogens with one attached hydrogen (secondary N) is 2. The summed E-state index contributed by atoms with van der Waals surface area (Å²) in [5.74, 6) is -0.0995. The van der Waals surface area contributed by atoms with Crippen LogP contribution in [0.4, 0.5) is 17.1 Å². The number of anilines is 3. The van der Waals surface area contributed by atoms with Crippen LogP contribution in [0, 0.1) is 6.92 Å². The second-order valence-corrected chi connectivity index (χ2v) is 7.47. The zero-order chi connectivity index (χ0) is 19.6. The second-order valence-electron chi connectivity index (χ2n) is 6.63. The molecule has 0 radical (unpaired) electrons. The summed E-state index contributed by atoms with van der Waals surface area (Å²) in [7, 11) is 0. The van der Waals surface area contributed by atoms with Gasteiger partial charge in [-0.2, -0.15) is 0 Å². The molecule has 142 valence electrons. The first-order valence-electron chi connectivity index (χ1n) is 8.78. The van der Waals surface area contributed by atoms with Crippen LogP contribution in [0.5, 0.6) is 0 Å². The third kappa shape index (κ3) is 4.54. The molecule has 0 aromatic heterocycles. The number of carbonyl (C=O) groups excluding carboxylic acids is 2. The Bertz CT molecular complexity index is 886. The van der Waals surface area contributed by atoms with Gasteiger partial charge in [-0.15, -0.1) is 0 Å². The summed E-state index contributed by atoms with van der Waals surface area (Å²) in [4.78, 5) is 26.1. The van der Waals surface area contributed by atoms with E-state index in [-0.39, 0.29) is 11.8 Å². The van der Waals surface area contributed by atoms with E-state index >= 15 is 0 Å². The summed E-state index contributed by atoms with van der Waals surface area (Å²) in [6.07, 6.45) is 1.39. The molecular weight excluding hydrogens is 385 g/mol. The number of carbonyl (C=O) groups is 2. The summed E-state index contributed by atoms with van der Waals surface area (Å²) in [6.45, 7) is 4.35. The molecule has 1 saturated heterocycles. The van der Waals surface area contributed by atoms with Gasteiger partial charge in [-0.05, 0) is 56.2 Å². The minimum absolute atomic E-state index is 0.0854. The first kappa shape index (κ1) is 19.5. The maximum absolute atomic E-state index is 12.5. The van der Waals surface area contributed by atoms with Gasteiger partial charge in [0.25, 0.3) is 0 Å². The first-order chi connectivity index (χ1) is 12.8. The van der Waals surface area contributed by atoms with E-state index in [1.165, 1.54) is 0 Å². The molecule has 2 N–H and O–H groups in total. The number of benzene rings is 2. The van der Waals surface area contributed by atoms with E-state index in [1.807, 2.05) is 19.1 Å². The van der Waals surface area contributed by atoms with E-state index in [9.17, 15) is 9.59 Å². The minimum atomic E-state index is -0.487. The molecule has 2 aromatic carbocycles. The average Bonchev–Trinajstić information content (AvgIpc) is 3.04. The van der Waals surface area contributed by atoms with Gasteiger partial charge in [0.1, 0.15) is 6.04 Å². The molecule has 1 fully saturated rings. The molecule has 5 nitrogen and oxygen atoms in total. The molecule has 0 unspecified atom stereocenters. The number of halogens is 2. The second kappa shape index (κ2) is 8.19. The van der Waals surface area contributed by atoms with Crippen molar-refractivity contribution in [1.29, 1.82) is 0 Å². The summed E-state index contributed by atoms with van der Waals surface area (Å²) in [5, 5.41) is 7.05. The van der Waals surface area contributed by atoms with E-state index in [1.54, 1.807) is 36.1 Å². The van der Waals surface area contributed by atoms with E-state index in [0.717, 1.165) is 12.0 Å². The molecule has 1 aliphatic heterocycles. The predicted octanol–water partition coefficient (Wildman–Crippen LogP) is 4.87. The molecule has 1 atom stereocenters. The summed E-state index contributed by atoms with van der Waals surface area (Å²) in [5.41, 5.74) is 3.03. The molecule has 2 amide bonds. The van der Waals surface area contributed by atoms with Gasteiger partial charge >= 0.3 is 0 Å². The van der Waals surface area contributed by atoms with Gasteiger partial charge in [-0.3, -0.25) is 9.59 Å². The van der Waals surface area contributed by atoms with Crippen molar-refractivity contribution in [3.63, 3.8) is 0 Å². The number of hydrogen-bond acceptors (Lipinski definition) is 3. The van der Waals surface area contributed by atoms with Crippen LogP contribution >= 0.6 is 23.2 Å². The third-order valence-corrected chi connectivity index (χ3v) is 5.08. The highest BCUT2D eigenvalue weighted by molar-refractivity contribution is 6.34. The van der Waals surface area contributed by atoms with Crippen molar-refractivity contribution >= 4 is 52.1 Å². The van der Waals surface area contributed by atoms with Crippen LogP contribution in [0.2, 0.25) is 10.0 Å². The van der Waals surface area contributed by atoms with Crippen LogP contribution in [0.1, 0.15) is 25.3 Å². The monoisotopic (exact) mass is 405 g/mol. The lowest BCUT2D eigenvalue weighted by Crippen LogP contribution is -2.32. The Balaban J connectivity index is 1.67. The average molecular weight is 406 g/mol. The standard InChI is InChI=1S/C20H21Cl2N3O2/c1-12-5-6-14(21)10-17(12)24-20(27)13(2)23-15-7-8-18(16(22)11-15)25-9-3-4-19(25)26/h5-8,10-11,13,23H,3-4,9H2,1-2H3,(H,24,27)/t13-/m1/s1. The largest absolute Gasteiger partial charge is 0.374 e. The number of aryl methyl sites for hydroxylation is 1. The van der Waals surface area contributed by atoms with E-state index in [2.05, 4.69) is 10.6 Å². The Kier molecular flexibility index (Phi) is 5.92. The molecule has 1 aliphatic rings. The summed E-state index contributed by atoms with van der Waals surface area (Å²) in [6, 6.07) is 10.2. The number of amides is 2. The molecule has 3 rings (SSSR count). The Morgan fingerprint density at radius 2 is 1.96 bits per heavy atom. The zero-order valence-electron chi connectivity index (χ0n) is 15.2. The SMILES string of the molecule is Cc1ccc(Cl)cc1NC(=O)[C@@H](C)Nc1ccc(N2CCCC2=O)c(Cl)c1. The van der Waals surface area contributed by atoms with Gasteiger partial charge in [-0.25, -0.2) is 0 Å². The normalized spacial score (nSPS) is 15.0. The van der Waals surface area contributed by atoms with Crippen LogP contribution in [0.25, 0.3) is 0 Å². The highest BCUT2D eigenvalue weighted by Gasteiger charge is 2.24. The van der Waals surface area contributed by atoms with Crippen LogP contribution in [-0.4, -0.2) is 24.4 Å². The molecule has 1 heterocycles. The maximum Gasteiger partial charge on any atom is 0.246 e. The van der Waals surface area contributed by atoms with Crippen molar-refractivity contribution in [2.75, 3.05) is 22.1 Å². The summed E-state index contributed by atoms with van der Waals surface area (Å²) >= 11 is 12.4. The Hall–Kier alpha value is -2.24. The van der Waals surface area contributed by atoms with Crippen LogP contribution in [0.15, 0.2) is 36.4 Å². The molecule has 27 heavy (non-hydrogen) atoms. The van der Waals surface area contributed by atoms with E-state index in [4.69, 9.17) is 23.2 Å². The van der Waals surface area contributed by atoms with Gasteiger partial charge in [0.05, 0.1) is 10.7 Å². The van der Waals surface area contributed by atoms with Crippen molar-refractivity contribution in [3.8, 4) is 0 Å². The lowest BCUT2D eigenvalue weighted by molar-refractivity contribution is -0.117. The van der Waals surface area contributed by atoms with Crippen LogP contribution in [0.3, 0.4) is 0 Å². The van der Waals surface area contributed by atoms with Crippen molar-refractivity contribution in [3.05, 3.63) is 52.0 Å². The van der Waals surface area contributed by atoms with Crippen molar-refractivity contribution < 1.29 is 9.59 Å². The molecule has 0 spiro atoms. The fraction of sp³-hybridized carbons (Fsp3) is 0.300.